The minimum Gasteiger partial charge on any atom is -1.00 e. The Morgan fingerprint density at radius 2 is 1.39 bits per heavy atom. The lowest BCUT2D eigenvalue weighted by Gasteiger charge is -2.34. The summed E-state index contributed by atoms with van der Waals surface area (Å²) in [7, 11) is 0. The fourth-order valence-electron chi connectivity index (χ4n) is 2.10. The summed E-state index contributed by atoms with van der Waals surface area (Å²) in [5.74, 6) is 0. The maximum atomic E-state index is 2.45. The lowest BCUT2D eigenvalue weighted by molar-refractivity contribution is -0.917. The first-order valence-electron chi connectivity index (χ1n) is 7.13. The van der Waals surface area contributed by atoms with Crippen LogP contribution >= 0.6 is 0 Å². The van der Waals surface area contributed by atoms with Gasteiger partial charge in [-0.25, -0.2) is 0 Å². The van der Waals surface area contributed by atoms with Crippen LogP contribution in [-0.2, 0) is 0 Å². The third-order valence-electron chi connectivity index (χ3n) is 3.93. The van der Waals surface area contributed by atoms with Crippen molar-refractivity contribution in [3.05, 3.63) is 23.3 Å². The molecular weight excluding hydrogens is 242 g/mol. The van der Waals surface area contributed by atoms with Gasteiger partial charge in [-0.3, -0.25) is 0 Å². The summed E-state index contributed by atoms with van der Waals surface area (Å²) in [6.45, 7) is 18.5. The van der Waals surface area contributed by atoms with Crippen LogP contribution in [0.25, 0.3) is 0 Å². The monoisotopic (exact) mass is 273 g/mol. The summed E-state index contributed by atoms with van der Waals surface area (Å²) in [6.07, 6.45) is 7.19. The highest BCUT2D eigenvalue weighted by Crippen LogP contribution is 2.11. The number of halogens is 1. The molecule has 18 heavy (non-hydrogen) atoms. The Labute approximate surface area is 121 Å². The van der Waals surface area contributed by atoms with Crippen molar-refractivity contribution in [3.8, 4) is 0 Å². The van der Waals surface area contributed by atoms with Gasteiger partial charge in [0.1, 0.15) is 0 Å². The number of nitrogens with zero attached hydrogens (tertiary/aromatic N) is 1. The third-order valence-corrected chi connectivity index (χ3v) is 3.93. The molecule has 0 bridgehead atoms. The van der Waals surface area contributed by atoms with Crippen LogP contribution in [-0.4, -0.2) is 30.7 Å². The average Bonchev–Trinajstić information content (AvgIpc) is 2.31. The SMILES string of the molecule is CC[N+](CC)(CC)C/C=C(/C)CCC=C(C)C.[Cl-]. The predicted molar refractivity (Wildman–Crippen MR) is 79.2 cm³/mol. The van der Waals surface area contributed by atoms with Gasteiger partial charge in [-0.05, 0) is 60.5 Å². The molecule has 108 valence electrons. The van der Waals surface area contributed by atoms with E-state index >= 15 is 0 Å². The molecule has 0 aromatic carbocycles. The quantitative estimate of drug-likeness (QED) is 0.465. The molecule has 0 amide bonds. The van der Waals surface area contributed by atoms with Crippen LogP contribution < -0.4 is 12.4 Å². The van der Waals surface area contributed by atoms with Crippen molar-refractivity contribution >= 4 is 0 Å². The molecule has 0 radical (unpaired) electrons. The summed E-state index contributed by atoms with van der Waals surface area (Å²) in [5.41, 5.74) is 2.97. The fraction of sp³-hybridized carbons (Fsp3) is 0.750. The molecule has 0 fully saturated rings. The number of hydrogen-bond donors (Lipinski definition) is 0. The first kappa shape index (κ1) is 20.1. The maximum absolute atomic E-state index is 2.45. The molecule has 1 nitrogen and oxygen atoms in total. The zero-order chi connectivity index (χ0) is 13.3. The highest BCUT2D eigenvalue weighted by molar-refractivity contribution is 5.02. The van der Waals surface area contributed by atoms with Crippen LogP contribution in [0, 0.1) is 0 Å². The van der Waals surface area contributed by atoms with Crippen molar-refractivity contribution in [1.29, 1.82) is 0 Å². The van der Waals surface area contributed by atoms with Crippen LogP contribution in [0.15, 0.2) is 23.3 Å². The van der Waals surface area contributed by atoms with Gasteiger partial charge in [0.25, 0.3) is 0 Å². The van der Waals surface area contributed by atoms with Crippen LogP contribution in [0.4, 0.5) is 0 Å². The molecule has 2 heteroatoms. The zero-order valence-electron chi connectivity index (χ0n) is 13.2. The number of rotatable bonds is 8. The van der Waals surface area contributed by atoms with E-state index in [0.29, 0.717) is 0 Å². The number of quaternary nitrogens is 1. The highest BCUT2D eigenvalue weighted by atomic mass is 35.5. The van der Waals surface area contributed by atoms with Crippen LogP contribution in [0.5, 0.6) is 0 Å². The van der Waals surface area contributed by atoms with Gasteiger partial charge in [0.15, 0.2) is 0 Å². The first-order chi connectivity index (χ1) is 7.99. The Bertz CT molecular complexity index is 250. The second-order valence-corrected chi connectivity index (χ2v) is 5.34. The summed E-state index contributed by atoms with van der Waals surface area (Å²) in [4.78, 5) is 0. The van der Waals surface area contributed by atoms with E-state index in [1.54, 1.807) is 5.57 Å². The largest absolute Gasteiger partial charge is 1.00 e. The summed E-state index contributed by atoms with van der Waals surface area (Å²) >= 11 is 0. The van der Waals surface area contributed by atoms with E-state index in [2.05, 4.69) is 53.7 Å². The lowest BCUT2D eigenvalue weighted by Crippen LogP contribution is -3.00. The molecule has 0 spiro atoms. The van der Waals surface area contributed by atoms with E-state index in [-0.39, 0.29) is 12.4 Å². The Kier molecular flexibility index (Phi) is 11.8. The van der Waals surface area contributed by atoms with Crippen LogP contribution in [0.1, 0.15) is 54.4 Å². The molecule has 0 aliphatic carbocycles. The van der Waals surface area contributed by atoms with E-state index in [0.717, 1.165) is 0 Å². The second kappa shape index (κ2) is 10.6. The molecule has 0 heterocycles. The van der Waals surface area contributed by atoms with Crippen molar-refractivity contribution in [2.75, 3.05) is 26.2 Å². The van der Waals surface area contributed by atoms with Gasteiger partial charge in [-0.15, -0.1) is 0 Å². The highest BCUT2D eigenvalue weighted by Gasteiger charge is 2.18. The van der Waals surface area contributed by atoms with E-state index in [1.165, 1.54) is 49.1 Å². The standard InChI is InChI=1S/C16H32N.ClH/c1-7-17(8-2,9-3)14-13-16(6)12-10-11-15(4)5;/h11,13H,7-10,12,14H2,1-6H3;1H/q+1;/p-1/b16-13-;. The van der Waals surface area contributed by atoms with Crippen LogP contribution in [0.3, 0.4) is 0 Å². The van der Waals surface area contributed by atoms with Crippen molar-refractivity contribution in [3.63, 3.8) is 0 Å². The predicted octanol–water partition coefficient (Wildman–Crippen LogP) is 1.56. The van der Waals surface area contributed by atoms with E-state index < -0.39 is 0 Å². The molecule has 0 aromatic rings. The van der Waals surface area contributed by atoms with Crippen LogP contribution in [0.2, 0.25) is 0 Å². The Balaban J connectivity index is 0. The minimum absolute atomic E-state index is 0. The molecule has 0 saturated heterocycles. The van der Waals surface area contributed by atoms with Gasteiger partial charge in [0.2, 0.25) is 0 Å². The normalized spacial score (nSPS) is 12.0. The van der Waals surface area contributed by atoms with Gasteiger partial charge < -0.3 is 16.9 Å². The third kappa shape index (κ3) is 7.94. The summed E-state index contributed by atoms with van der Waals surface area (Å²) < 4.78 is 1.22. The van der Waals surface area contributed by atoms with Crippen molar-refractivity contribution in [2.24, 2.45) is 0 Å². The molecule has 0 saturated carbocycles. The van der Waals surface area contributed by atoms with Crippen molar-refractivity contribution in [2.45, 2.75) is 54.4 Å². The van der Waals surface area contributed by atoms with E-state index in [4.69, 9.17) is 0 Å². The minimum atomic E-state index is 0. The van der Waals surface area contributed by atoms with Gasteiger partial charge in [-0.1, -0.05) is 17.2 Å². The Morgan fingerprint density at radius 1 is 0.889 bits per heavy atom. The smallest absolute Gasteiger partial charge is 0.0976 e. The van der Waals surface area contributed by atoms with E-state index in [9.17, 15) is 0 Å². The molecule has 0 atom stereocenters. The summed E-state index contributed by atoms with van der Waals surface area (Å²) in [5, 5.41) is 0. The zero-order valence-corrected chi connectivity index (χ0v) is 14.0. The first-order valence-corrected chi connectivity index (χ1v) is 7.13. The molecule has 0 aliphatic heterocycles. The Hall–Kier alpha value is -0.270. The van der Waals surface area contributed by atoms with Crippen molar-refractivity contribution < 1.29 is 16.9 Å². The van der Waals surface area contributed by atoms with Crippen molar-refractivity contribution in [1.82, 2.24) is 0 Å². The number of hydrogen-bond acceptors (Lipinski definition) is 0. The fourth-order valence-corrected chi connectivity index (χ4v) is 2.10. The molecule has 0 aliphatic rings. The number of allylic oxidation sites excluding steroid dienone is 3. The topological polar surface area (TPSA) is 0 Å². The average molecular weight is 274 g/mol. The van der Waals surface area contributed by atoms with Gasteiger partial charge in [0, 0.05) is 0 Å². The van der Waals surface area contributed by atoms with Gasteiger partial charge in [-0.2, -0.15) is 0 Å². The van der Waals surface area contributed by atoms with Gasteiger partial charge >= 0.3 is 0 Å². The summed E-state index contributed by atoms with van der Waals surface area (Å²) in [6, 6.07) is 0. The molecular formula is C16H32ClN. The van der Waals surface area contributed by atoms with E-state index in [1.807, 2.05) is 0 Å². The molecule has 0 unspecified atom stereocenters. The maximum Gasteiger partial charge on any atom is 0.0976 e. The number of likely N-dealkylation sites (N-methyl/N-ethyl adjacent to an activating group) is 1. The lowest BCUT2D eigenvalue weighted by atomic mass is 10.1. The van der Waals surface area contributed by atoms with Gasteiger partial charge in [0.05, 0.1) is 26.2 Å². The molecule has 0 N–H and O–H groups in total. The second-order valence-electron chi connectivity index (χ2n) is 5.34. The Morgan fingerprint density at radius 3 is 1.78 bits per heavy atom. The molecule has 0 rings (SSSR count). The molecule has 0 aromatic heterocycles.